The lowest BCUT2D eigenvalue weighted by Gasteiger charge is -2.08. The van der Waals surface area contributed by atoms with Gasteiger partial charge < -0.3 is 10.5 Å². The third kappa shape index (κ3) is 5.66. The Kier molecular flexibility index (Phi) is 6.31. The number of thiazole rings is 1. The van der Waals surface area contributed by atoms with E-state index in [0.717, 1.165) is 12.2 Å². The molecule has 128 valence electrons. The molecule has 0 aliphatic carbocycles. The second kappa shape index (κ2) is 8.44. The zero-order valence-electron chi connectivity index (χ0n) is 13.7. The average molecular weight is 347 g/mol. The summed E-state index contributed by atoms with van der Waals surface area (Å²) in [5, 5.41) is 4.84. The van der Waals surface area contributed by atoms with Crippen LogP contribution in [0.5, 0.6) is 5.75 Å². The highest BCUT2D eigenvalue weighted by atomic mass is 32.1. The van der Waals surface area contributed by atoms with Gasteiger partial charge in [0, 0.05) is 10.9 Å². The molecule has 24 heavy (non-hydrogen) atoms. The Hall–Kier alpha value is -2.41. The number of nitrogens with zero attached hydrogens (tertiary/aromatic N) is 1. The summed E-state index contributed by atoms with van der Waals surface area (Å²) >= 11 is 1.26. The first-order valence-electron chi connectivity index (χ1n) is 7.71. The quantitative estimate of drug-likeness (QED) is 0.768. The van der Waals surface area contributed by atoms with E-state index < -0.39 is 5.91 Å². The van der Waals surface area contributed by atoms with Crippen molar-refractivity contribution < 1.29 is 14.3 Å². The van der Waals surface area contributed by atoms with E-state index in [-0.39, 0.29) is 12.3 Å². The van der Waals surface area contributed by atoms with Crippen molar-refractivity contribution in [1.29, 1.82) is 0 Å². The van der Waals surface area contributed by atoms with Gasteiger partial charge in [-0.25, -0.2) is 4.98 Å². The topological polar surface area (TPSA) is 94.3 Å². The highest BCUT2D eigenvalue weighted by Crippen LogP contribution is 2.18. The molecule has 6 nitrogen and oxygen atoms in total. The lowest BCUT2D eigenvalue weighted by atomic mass is 10.1. The Labute approximate surface area is 145 Å². The molecule has 1 heterocycles. The molecule has 0 saturated heterocycles. The molecule has 7 heteroatoms. The summed E-state index contributed by atoms with van der Waals surface area (Å²) in [5.41, 5.74) is 6.18. The number of amides is 2. The Morgan fingerprint density at radius 3 is 2.62 bits per heavy atom. The number of hydrogen-bond donors (Lipinski definition) is 2. The van der Waals surface area contributed by atoms with E-state index in [4.69, 9.17) is 10.5 Å². The van der Waals surface area contributed by atoms with E-state index in [2.05, 4.69) is 24.1 Å². The van der Waals surface area contributed by atoms with E-state index in [0.29, 0.717) is 28.9 Å². The molecule has 1 aromatic heterocycles. The SMILES string of the molecule is CC(C)CCOc1ccc(C(=O)Nc2nc(CC(N)=O)cs2)cc1. The normalized spacial score (nSPS) is 10.6. The van der Waals surface area contributed by atoms with Crippen molar-refractivity contribution in [3.63, 3.8) is 0 Å². The predicted molar refractivity (Wildman–Crippen MR) is 94.4 cm³/mol. The van der Waals surface area contributed by atoms with Crippen molar-refractivity contribution in [3.05, 3.63) is 40.9 Å². The van der Waals surface area contributed by atoms with Gasteiger partial charge in [0.2, 0.25) is 5.91 Å². The van der Waals surface area contributed by atoms with Gasteiger partial charge in [0.05, 0.1) is 18.7 Å². The van der Waals surface area contributed by atoms with Crippen LogP contribution in [0.1, 0.15) is 36.3 Å². The van der Waals surface area contributed by atoms with Crippen molar-refractivity contribution in [2.75, 3.05) is 11.9 Å². The van der Waals surface area contributed by atoms with Crippen molar-refractivity contribution in [2.24, 2.45) is 11.7 Å². The highest BCUT2D eigenvalue weighted by Gasteiger charge is 2.10. The minimum Gasteiger partial charge on any atom is -0.494 e. The van der Waals surface area contributed by atoms with Crippen molar-refractivity contribution in [3.8, 4) is 5.75 Å². The molecule has 0 aliphatic rings. The fourth-order valence-corrected chi connectivity index (χ4v) is 2.61. The average Bonchev–Trinajstić information content (AvgIpc) is 2.93. The second-order valence-electron chi connectivity index (χ2n) is 5.80. The third-order valence-electron chi connectivity index (χ3n) is 3.21. The van der Waals surface area contributed by atoms with Crippen LogP contribution < -0.4 is 15.8 Å². The van der Waals surface area contributed by atoms with Crippen LogP contribution in [0.3, 0.4) is 0 Å². The lowest BCUT2D eigenvalue weighted by Crippen LogP contribution is -2.14. The number of rotatable bonds is 8. The van der Waals surface area contributed by atoms with E-state index in [1.54, 1.807) is 29.6 Å². The molecule has 0 aliphatic heterocycles. The van der Waals surface area contributed by atoms with Crippen LogP contribution >= 0.6 is 11.3 Å². The summed E-state index contributed by atoms with van der Waals surface area (Å²) in [4.78, 5) is 27.2. The molecule has 0 atom stereocenters. The molecule has 3 N–H and O–H groups in total. The zero-order chi connectivity index (χ0) is 17.5. The third-order valence-corrected chi connectivity index (χ3v) is 4.01. The summed E-state index contributed by atoms with van der Waals surface area (Å²) in [6.07, 6.45) is 1.05. The van der Waals surface area contributed by atoms with Crippen LogP contribution in [-0.4, -0.2) is 23.4 Å². The minimum absolute atomic E-state index is 0.0643. The molecule has 2 amide bonds. The van der Waals surface area contributed by atoms with Crippen molar-refractivity contribution >= 4 is 28.3 Å². The molecule has 2 aromatic rings. The van der Waals surface area contributed by atoms with Crippen LogP contribution in [0.2, 0.25) is 0 Å². The number of nitrogens with two attached hydrogens (primary N) is 1. The largest absolute Gasteiger partial charge is 0.494 e. The first-order chi connectivity index (χ1) is 11.4. The van der Waals surface area contributed by atoms with Gasteiger partial charge in [-0.1, -0.05) is 13.8 Å². The van der Waals surface area contributed by atoms with Crippen LogP contribution in [0, 0.1) is 5.92 Å². The monoisotopic (exact) mass is 347 g/mol. The smallest absolute Gasteiger partial charge is 0.257 e. The first-order valence-corrected chi connectivity index (χ1v) is 8.59. The summed E-state index contributed by atoms with van der Waals surface area (Å²) < 4.78 is 5.62. The Bertz CT molecular complexity index is 695. The number of hydrogen-bond acceptors (Lipinski definition) is 5. The number of nitrogens with one attached hydrogen (secondary N) is 1. The molecule has 0 spiro atoms. The maximum atomic E-state index is 12.2. The van der Waals surface area contributed by atoms with Crippen LogP contribution in [0.15, 0.2) is 29.6 Å². The molecule has 0 radical (unpaired) electrons. The van der Waals surface area contributed by atoms with Gasteiger partial charge in [0.25, 0.3) is 5.91 Å². The van der Waals surface area contributed by atoms with Gasteiger partial charge in [-0.15, -0.1) is 11.3 Å². The molecule has 0 saturated carbocycles. The number of benzene rings is 1. The number of ether oxygens (including phenoxy) is 1. The molecule has 2 rings (SSSR count). The molecule has 1 aromatic carbocycles. The van der Waals surface area contributed by atoms with Gasteiger partial charge in [-0.3, -0.25) is 14.9 Å². The van der Waals surface area contributed by atoms with Gasteiger partial charge in [-0.2, -0.15) is 0 Å². The number of aromatic nitrogens is 1. The summed E-state index contributed by atoms with van der Waals surface area (Å²) in [6.45, 7) is 4.94. The fraction of sp³-hybridized carbons (Fsp3) is 0.353. The summed E-state index contributed by atoms with van der Waals surface area (Å²) in [5.74, 6) is 0.618. The maximum Gasteiger partial charge on any atom is 0.257 e. The van der Waals surface area contributed by atoms with Gasteiger partial charge in [-0.05, 0) is 36.6 Å². The number of carbonyl (C=O) groups excluding carboxylic acids is 2. The van der Waals surface area contributed by atoms with E-state index in [9.17, 15) is 9.59 Å². The van der Waals surface area contributed by atoms with Crippen LogP contribution in [0.4, 0.5) is 5.13 Å². The lowest BCUT2D eigenvalue weighted by molar-refractivity contribution is -0.117. The molecule has 0 bridgehead atoms. The molecular weight excluding hydrogens is 326 g/mol. The minimum atomic E-state index is -0.453. The highest BCUT2D eigenvalue weighted by molar-refractivity contribution is 7.14. The zero-order valence-corrected chi connectivity index (χ0v) is 14.6. The molecule has 0 unspecified atom stereocenters. The standard InChI is InChI=1S/C17H21N3O3S/c1-11(2)7-8-23-14-5-3-12(4-6-14)16(22)20-17-19-13(10-24-17)9-15(18)21/h3-6,10-11H,7-9H2,1-2H3,(H2,18,21)(H,19,20,22). The number of primary amides is 1. The summed E-state index contributed by atoms with van der Waals surface area (Å²) in [6, 6.07) is 6.96. The van der Waals surface area contributed by atoms with Gasteiger partial charge in [0.15, 0.2) is 5.13 Å². The molecule has 0 fully saturated rings. The van der Waals surface area contributed by atoms with Gasteiger partial charge >= 0.3 is 0 Å². The second-order valence-corrected chi connectivity index (χ2v) is 6.65. The van der Waals surface area contributed by atoms with Crippen LogP contribution in [0.25, 0.3) is 0 Å². The predicted octanol–water partition coefficient (Wildman–Crippen LogP) is 2.85. The van der Waals surface area contributed by atoms with Gasteiger partial charge in [0.1, 0.15) is 5.75 Å². The van der Waals surface area contributed by atoms with E-state index >= 15 is 0 Å². The maximum absolute atomic E-state index is 12.2. The molecular formula is C17H21N3O3S. The first kappa shape index (κ1) is 17.9. The number of carbonyl (C=O) groups is 2. The fourth-order valence-electron chi connectivity index (χ4n) is 1.91. The van der Waals surface area contributed by atoms with E-state index in [1.165, 1.54) is 11.3 Å². The Morgan fingerprint density at radius 1 is 1.29 bits per heavy atom. The summed E-state index contributed by atoms with van der Waals surface area (Å²) in [7, 11) is 0. The Morgan fingerprint density at radius 2 is 2.00 bits per heavy atom. The van der Waals surface area contributed by atoms with Crippen molar-refractivity contribution in [1.82, 2.24) is 4.98 Å². The van der Waals surface area contributed by atoms with Crippen LogP contribution in [-0.2, 0) is 11.2 Å². The number of anilines is 1. The van der Waals surface area contributed by atoms with Crippen molar-refractivity contribution in [2.45, 2.75) is 26.7 Å². The Balaban J connectivity index is 1.90. The van der Waals surface area contributed by atoms with E-state index in [1.807, 2.05) is 0 Å².